The van der Waals surface area contributed by atoms with Crippen molar-refractivity contribution in [3.05, 3.63) is 339 Å². The molecule has 0 aliphatic carbocycles. The van der Waals surface area contributed by atoms with Crippen molar-refractivity contribution in [1.82, 2.24) is 19.9 Å². The third kappa shape index (κ3) is 8.77. The number of hydrogen-bond donors (Lipinski definition) is 0. The Morgan fingerprint density at radius 2 is 0.438 bits per heavy atom. The molecule has 0 amide bonds. The van der Waals surface area contributed by atoms with Gasteiger partial charge in [0, 0.05) is 121 Å². The van der Waals surface area contributed by atoms with Gasteiger partial charge in [0.25, 0.3) is 0 Å². The first-order valence-electron chi connectivity index (χ1n) is 20.6. The van der Waals surface area contributed by atoms with Crippen LogP contribution in [0.1, 0.15) is 78.9 Å². The topological polar surface area (TPSA) is 109 Å². The molecule has 5 heterocycles. The molecule has 11 rings (SSSR count). The quantitative estimate of drug-likeness (QED) is 0.0938. The summed E-state index contributed by atoms with van der Waals surface area (Å²) in [5, 5.41) is 9.91. The van der Waals surface area contributed by atoms with Crippen LogP contribution in [0.25, 0.3) is 5.41 Å². The summed E-state index contributed by atoms with van der Waals surface area (Å²) in [6, 6.07) is 77.5. The molecule has 10 aromatic rings. The Morgan fingerprint density at radius 3 is 0.625 bits per heavy atom. The third-order valence-electron chi connectivity index (χ3n) is 11.0. The third-order valence-corrected chi connectivity index (χ3v) is 11.0. The predicted molar refractivity (Wildman–Crippen MR) is 248 cm³/mol. The number of aromatic nitrogens is 4. The van der Waals surface area contributed by atoms with E-state index in [9.17, 15) is 5.41 Å². The maximum atomic E-state index is 9.91. The maximum absolute atomic E-state index is 9.91. The van der Waals surface area contributed by atoms with E-state index in [1.807, 2.05) is 84.9 Å². The van der Waals surface area contributed by atoms with E-state index in [0.717, 1.165) is 103 Å². The molecule has 0 atom stereocenters. The largest absolute Gasteiger partial charge is 2.00 e. The summed E-state index contributed by atoms with van der Waals surface area (Å²) >= 11 is 0. The van der Waals surface area contributed by atoms with Crippen molar-refractivity contribution in [2.75, 3.05) is 0 Å². The summed E-state index contributed by atoms with van der Waals surface area (Å²) in [6.45, 7) is 0. The van der Waals surface area contributed by atoms with Gasteiger partial charge >= 0.3 is 19.5 Å². The molecule has 6 nitrogen and oxygen atoms in total. The van der Waals surface area contributed by atoms with Crippen LogP contribution in [0.5, 0.6) is 0 Å². The first-order valence-corrected chi connectivity index (χ1v) is 20.6. The molecule has 0 unspecified atom stereocenters. The van der Waals surface area contributed by atoms with Crippen LogP contribution in [-0.4, -0.2) is 11.2 Å². The van der Waals surface area contributed by atoms with Crippen LogP contribution in [0.15, 0.2) is 231 Å². The molecule has 0 saturated heterocycles. The Hall–Kier alpha value is -7.83. The van der Waals surface area contributed by atoms with E-state index >= 15 is 0 Å². The summed E-state index contributed by atoms with van der Waals surface area (Å²) < 4.78 is 0. The van der Waals surface area contributed by atoms with E-state index in [1.54, 1.807) is 0 Å². The Labute approximate surface area is 387 Å². The molecular formula is C57H39N5ORu. The molecule has 7 heteroatoms. The minimum atomic E-state index is 0. The van der Waals surface area contributed by atoms with Gasteiger partial charge in [0.15, 0.2) is 0 Å². The van der Waals surface area contributed by atoms with E-state index in [0.29, 0.717) is 5.71 Å². The molecule has 1 aliphatic heterocycles. The van der Waals surface area contributed by atoms with E-state index < -0.39 is 0 Å². The number of nitrogens with zero attached hydrogens (tertiary/aromatic N) is 5. The average molecular weight is 911 g/mol. The second-order valence-electron chi connectivity index (χ2n) is 14.9. The molecule has 0 fully saturated rings. The number of hydrogen-bond acceptors (Lipinski definition) is 1. The molecule has 0 radical (unpaired) electrons. The normalized spacial score (nSPS) is 11.8. The first-order chi connectivity index (χ1) is 30.7. The van der Waals surface area contributed by atoms with Crippen LogP contribution in [0, 0.1) is 23.7 Å². The van der Waals surface area contributed by atoms with Gasteiger partial charge < -0.3 is 30.8 Å². The smallest absolute Gasteiger partial charge is 0.870 e. The second-order valence-corrected chi connectivity index (χ2v) is 14.9. The molecule has 1 aliphatic rings. The average Bonchev–Trinajstić information content (AvgIpc) is 4.20. The fraction of sp³-hybridized carbons (Fsp3) is 0. The van der Waals surface area contributed by atoms with Crippen molar-refractivity contribution >= 4 is 5.71 Å². The predicted octanol–water partition coefficient (Wildman–Crippen LogP) is 10.8. The van der Waals surface area contributed by atoms with E-state index in [-0.39, 0.29) is 25.0 Å². The van der Waals surface area contributed by atoms with Crippen LogP contribution in [0.4, 0.5) is 0 Å². The first kappa shape index (κ1) is 42.8. The van der Waals surface area contributed by atoms with Crippen LogP contribution in [0.2, 0.25) is 0 Å². The molecule has 1 N–H and O–H groups in total. The number of benzene rings is 6. The van der Waals surface area contributed by atoms with Gasteiger partial charge in [-0.1, -0.05) is 60.7 Å². The van der Waals surface area contributed by atoms with Crippen molar-refractivity contribution in [2.45, 2.75) is 0 Å². The van der Waals surface area contributed by atoms with Gasteiger partial charge in [0.1, 0.15) is 0 Å². The second kappa shape index (κ2) is 19.5. The minimum Gasteiger partial charge on any atom is -0.870 e. The summed E-state index contributed by atoms with van der Waals surface area (Å²) in [7, 11) is 0. The van der Waals surface area contributed by atoms with Gasteiger partial charge in [0.05, 0.1) is 22.3 Å². The van der Waals surface area contributed by atoms with Crippen LogP contribution < -0.4 is 19.9 Å². The maximum Gasteiger partial charge on any atom is 2.00 e. The van der Waals surface area contributed by atoms with Crippen molar-refractivity contribution in [1.29, 1.82) is 0 Å². The van der Waals surface area contributed by atoms with Crippen molar-refractivity contribution < 1.29 is 25.0 Å². The number of rotatable bonds is 6. The Bertz CT molecular complexity index is 2550. The Morgan fingerprint density at radius 1 is 0.266 bits per heavy atom. The fourth-order valence-electron chi connectivity index (χ4n) is 8.05. The minimum absolute atomic E-state index is 0. The molecule has 8 bridgehead atoms. The van der Waals surface area contributed by atoms with Gasteiger partial charge in [-0.15, -0.1) is 5.71 Å². The Kier molecular flexibility index (Phi) is 13.0. The van der Waals surface area contributed by atoms with Crippen molar-refractivity contribution in [3.8, 4) is 0 Å². The van der Waals surface area contributed by atoms with Crippen molar-refractivity contribution in [2.24, 2.45) is 0 Å². The fourth-order valence-corrected chi connectivity index (χ4v) is 8.05. The van der Waals surface area contributed by atoms with Gasteiger partial charge in [-0.3, -0.25) is 0 Å². The molecule has 0 saturated carbocycles. The SMILES string of the molecule is [N-]=C(c1ccccc1)c1ccccc1.[OH-].[Ru+2].c1ccc([C+]2c3ccc([n-]3)[C+](c3ccccc3)c3ccc([n-]3)[C+](c3ccccc3)c3ccc([n-]3)[C+](c3ccccc3)c3ccc2[n-]3)cc1. The summed E-state index contributed by atoms with van der Waals surface area (Å²) in [5.41, 5.74) is 13.1. The van der Waals surface area contributed by atoms with Crippen LogP contribution in [0.3, 0.4) is 0 Å². The van der Waals surface area contributed by atoms with E-state index in [4.69, 9.17) is 19.9 Å². The zero-order valence-corrected chi connectivity index (χ0v) is 36.2. The van der Waals surface area contributed by atoms with Gasteiger partial charge in [-0.05, 0) is 129 Å². The van der Waals surface area contributed by atoms with E-state index in [2.05, 4.69) is 146 Å². The molecular weight excluding hydrogens is 872 g/mol. The molecule has 4 aromatic heterocycles. The van der Waals surface area contributed by atoms with E-state index in [1.165, 1.54) is 0 Å². The van der Waals surface area contributed by atoms with Gasteiger partial charge in [0.2, 0.25) is 0 Å². The van der Waals surface area contributed by atoms with Crippen molar-refractivity contribution in [3.63, 3.8) is 0 Å². The summed E-state index contributed by atoms with van der Waals surface area (Å²) in [4.78, 5) is 21.2. The zero-order chi connectivity index (χ0) is 41.7. The Balaban J connectivity index is 0.000000300. The zero-order valence-electron chi connectivity index (χ0n) is 34.5. The van der Waals surface area contributed by atoms with Gasteiger partial charge in [-0.2, -0.15) is 0 Å². The van der Waals surface area contributed by atoms with Crippen LogP contribution in [-0.2, 0) is 19.5 Å². The summed E-state index contributed by atoms with van der Waals surface area (Å²) in [6.07, 6.45) is 0. The van der Waals surface area contributed by atoms with Crippen LogP contribution >= 0.6 is 0 Å². The summed E-state index contributed by atoms with van der Waals surface area (Å²) in [5.74, 6) is 3.91. The molecule has 306 valence electrons. The molecule has 6 aromatic carbocycles. The standard InChI is InChI=1S/C44H28N4.C13H10N.H2O.Ru/c1-5-13-29(14-6-1)41-33-21-23-35(45-33)42(30-15-7-2-8-16-30)37-25-27-39(47-37)44(32-19-11-4-12-20-32)40-28-26-38(48-40)43(31-17-9-3-10-18-31)36-24-22-34(41)46-36;14-13(11-7-3-1-4-8-11)12-9-5-2-6-10-12;;/h1-28H;1-10H;1H2;/q;-1;;+2/p-1. The molecule has 0 spiro atoms. The number of fused-ring (bicyclic) bond motifs is 8. The molecule has 64 heavy (non-hydrogen) atoms. The van der Waals surface area contributed by atoms with Gasteiger partial charge in [-0.25, -0.2) is 0 Å². The monoisotopic (exact) mass is 911 g/mol.